The Kier molecular flexibility index (Phi) is 5.52. The molecule has 6 nitrogen and oxygen atoms in total. The van der Waals surface area contributed by atoms with E-state index in [0.717, 1.165) is 9.87 Å². The van der Waals surface area contributed by atoms with Crippen LogP contribution < -0.4 is 4.74 Å². The van der Waals surface area contributed by atoms with Crippen molar-refractivity contribution in [1.29, 1.82) is 0 Å². The lowest BCUT2D eigenvalue weighted by molar-refractivity contribution is -0.137. The van der Waals surface area contributed by atoms with Crippen molar-refractivity contribution in [2.24, 2.45) is 0 Å². The molecule has 0 amide bonds. The summed E-state index contributed by atoms with van der Waals surface area (Å²) >= 11 is 0. The second-order valence-corrected chi connectivity index (χ2v) is 6.20. The zero-order valence-electron chi connectivity index (χ0n) is 11.8. The van der Waals surface area contributed by atoms with Crippen molar-refractivity contribution in [3.8, 4) is 5.75 Å². The van der Waals surface area contributed by atoms with Crippen molar-refractivity contribution in [3.63, 3.8) is 0 Å². The van der Waals surface area contributed by atoms with Crippen molar-refractivity contribution in [2.75, 3.05) is 20.2 Å². The lowest BCUT2D eigenvalue weighted by atomic mass is 10.2. The van der Waals surface area contributed by atoms with E-state index >= 15 is 0 Å². The number of methoxy groups -OCH3 is 1. The maximum atomic E-state index is 12.6. The Labute approximate surface area is 119 Å². The summed E-state index contributed by atoms with van der Waals surface area (Å²) in [4.78, 5) is 10.7. The first-order chi connectivity index (χ1) is 9.32. The minimum absolute atomic E-state index is 0.0623. The quantitative estimate of drug-likeness (QED) is 0.825. The first kappa shape index (κ1) is 16.5. The lowest BCUT2D eigenvalue weighted by Crippen LogP contribution is -2.33. The second kappa shape index (κ2) is 6.71. The number of sulfonamides is 1. The van der Waals surface area contributed by atoms with Crippen molar-refractivity contribution in [1.82, 2.24) is 4.31 Å². The van der Waals surface area contributed by atoms with E-state index in [1.54, 1.807) is 26.0 Å². The number of ether oxygens (including phenoxy) is 1. The third kappa shape index (κ3) is 3.71. The summed E-state index contributed by atoms with van der Waals surface area (Å²) in [6, 6.07) is 4.87. The van der Waals surface area contributed by atoms with Crippen molar-refractivity contribution < 1.29 is 23.1 Å². The van der Waals surface area contributed by atoms with Gasteiger partial charge >= 0.3 is 5.97 Å². The molecule has 0 bridgehead atoms. The predicted octanol–water partition coefficient (Wildman–Crippen LogP) is 1.49. The standard InChI is InChI=1S/C13H19NO5S/c1-4-14(8-7-13(15)16)20(17,18)12-9-10(2)5-6-11(12)19-3/h5-6,9H,4,7-8H2,1-3H3,(H,15,16). The van der Waals surface area contributed by atoms with Crippen LogP contribution in [0.2, 0.25) is 0 Å². The molecule has 1 rings (SSSR count). The van der Waals surface area contributed by atoms with E-state index in [4.69, 9.17) is 9.84 Å². The monoisotopic (exact) mass is 301 g/mol. The Morgan fingerprint density at radius 3 is 2.55 bits per heavy atom. The molecule has 1 N–H and O–H groups in total. The summed E-state index contributed by atoms with van der Waals surface area (Å²) in [5.74, 6) is -0.778. The number of carboxylic acid groups (broad SMARTS) is 1. The number of carboxylic acids is 1. The first-order valence-corrected chi connectivity index (χ1v) is 7.63. The lowest BCUT2D eigenvalue weighted by Gasteiger charge is -2.21. The van der Waals surface area contributed by atoms with Gasteiger partial charge in [-0.25, -0.2) is 8.42 Å². The summed E-state index contributed by atoms with van der Waals surface area (Å²) in [6.45, 7) is 3.59. The van der Waals surface area contributed by atoms with Crippen LogP contribution in [0.3, 0.4) is 0 Å². The summed E-state index contributed by atoms with van der Waals surface area (Å²) in [6.07, 6.45) is -0.235. The van der Waals surface area contributed by atoms with E-state index in [2.05, 4.69) is 0 Å². The molecular formula is C13H19NO5S. The summed E-state index contributed by atoms with van der Waals surface area (Å²) in [5, 5.41) is 8.69. The van der Waals surface area contributed by atoms with Gasteiger partial charge in [0, 0.05) is 13.1 Å². The van der Waals surface area contributed by atoms with E-state index in [1.807, 2.05) is 0 Å². The van der Waals surface area contributed by atoms with Gasteiger partial charge in [-0.1, -0.05) is 13.0 Å². The van der Waals surface area contributed by atoms with Crippen LogP contribution in [0.1, 0.15) is 18.9 Å². The predicted molar refractivity (Wildman–Crippen MR) is 74.4 cm³/mol. The molecule has 0 saturated heterocycles. The molecule has 0 spiro atoms. The zero-order chi connectivity index (χ0) is 15.3. The van der Waals surface area contributed by atoms with Gasteiger partial charge in [0.05, 0.1) is 13.5 Å². The molecule has 0 saturated carbocycles. The molecule has 0 aliphatic carbocycles. The van der Waals surface area contributed by atoms with Crippen LogP contribution in [-0.2, 0) is 14.8 Å². The van der Waals surface area contributed by atoms with E-state index in [1.165, 1.54) is 13.2 Å². The Bertz CT molecular complexity index is 582. The highest BCUT2D eigenvalue weighted by atomic mass is 32.2. The smallest absolute Gasteiger partial charge is 0.304 e. The number of aliphatic carboxylic acids is 1. The van der Waals surface area contributed by atoms with Gasteiger partial charge < -0.3 is 9.84 Å². The fourth-order valence-corrected chi connectivity index (χ4v) is 3.48. The van der Waals surface area contributed by atoms with Crippen LogP contribution in [0.5, 0.6) is 5.75 Å². The number of rotatable bonds is 7. The molecule has 0 fully saturated rings. The van der Waals surface area contributed by atoms with Gasteiger partial charge in [0.25, 0.3) is 0 Å². The SMILES string of the molecule is CCN(CCC(=O)O)S(=O)(=O)c1cc(C)ccc1OC. The molecule has 0 atom stereocenters. The van der Waals surface area contributed by atoms with E-state index in [0.29, 0.717) is 0 Å². The number of carbonyl (C=O) groups is 1. The van der Waals surface area contributed by atoms with Crippen LogP contribution in [0.25, 0.3) is 0 Å². The van der Waals surface area contributed by atoms with Gasteiger partial charge in [-0.05, 0) is 24.6 Å². The molecule has 0 heterocycles. The summed E-state index contributed by atoms with van der Waals surface area (Å²) in [5.41, 5.74) is 0.790. The van der Waals surface area contributed by atoms with Crippen LogP contribution in [0, 0.1) is 6.92 Å². The second-order valence-electron chi connectivity index (χ2n) is 4.29. The molecule has 112 valence electrons. The Morgan fingerprint density at radius 2 is 2.05 bits per heavy atom. The van der Waals surface area contributed by atoms with Gasteiger partial charge in [0.15, 0.2) is 0 Å². The average Bonchev–Trinajstić information content (AvgIpc) is 2.38. The van der Waals surface area contributed by atoms with Crippen LogP contribution in [-0.4, -0.2) is 44.0 Å². The molecular weight excluding hydrogens is 282 g/mol. The first-order valence-electron chi connectivity index (χ1n) is 6.19. The molecule has 0 aromatic heterocycles. The highest BCUT2D eigenvalue weighted by Crippen LogP contribution is 2.27. The number of benzene rings is 1. The van der Waals surface area contributed by atoms with Crippen LogP contribution in [0.15, 0.2) is 23.1 Å². The molecule has 0 aliphatic heterocycles. The van der Waals surface area contributed by atoms with Crippen molar-refractivity contribution in [2.45, 2.75) is 25.2 Å². The maximum absolute atomic E-state index is 12.6. The van der Waals surface area contributed by atoms with E-state index in [9.17, 15) is 13.2 Å². The Hall–Kier alpha value is -1.60. The number of hydrogen-bond acceptors (Lipinski definition) is 4. The van der Waals surface area contributed by atoms with Gasteiger partial charge in [-0.15, -0.1) is 0 Å². The van der Waals surface area contributed by atoms with Crippen molar-refractivity contribution in [3.05, 3.63) is 23.8 Å². The molecule has 0 unspecified atom stereocenters. The maximum Gasteiger partial charge on any atom is 0.304 e. The largest absolute Gasteiger partial charge is 0.495 e. The van der Waals surface area contributed by atoms with E-state index in [-0.39, 0.29) is 30.2 Å². The minimum Gasteiger partial charge on any atom is -0.495 e. The van der Waals surface area contributed by atoms with Gasteiger partial charge in [-0.2, -0.15) is 4.31 Å². The van der Waals surface area contributed by atoms with Gasteiger partial charge in [0.2, 0.25) is 10.0 Å². The minimum atomic E-state index is -3.77. The number of nitrogens with zero attached hydrogens (tertiary/aromatic N) is 1. The number of aryl methyl sites for hydroxylation is 1. The Morgan fingerprint density at radius 1 is 1.40 bits per heavy atom. The van der Waals surface area contributed by atoms with E-state index < -0.39 is 16.0 Å². The van der Waals surface area contributed by atoms with Gasteiger partial charge in [-0.3, -0.25) is 4.79 Å². The van der Waals surface area contributed by atoms with Crippen LogP contribution in [0.4, 0.5) is 0 Å². The normalized spacial score (nSPS) is 11.6. The molecule has 1 aromatic rings. The molecule has 1 aromatic carbocycles. The average molecular weight is 301 g/mol. The zero-order valence-corrected chi connectivity index (χ0v) is 12.6. The fourth-order valence-electron chi connectivity index (χ4n) is 1.79. The fraction of sp³-hybridized carbons (Fsp3) is 0.462. The Balaban J connectivity index is 3.19. The highest BCUT2D eigenvalue weighted by Gasteiger charge is 2.27. The third-order valence-electron chi connectivity index (χ3n) is 2.86. The molecule has 0 radical (unpaired) electrons. The topological polar surface area (TPSA) is 83.9 Å². The van der Waals surface area contributed by atoms with Gasteiger partial charge in [0.1, 0.15) is 10.6 Å². The highest BCUT2D eigenvalue weighted by molar-refractivity contribution is 7.89. The van der Waals surface area contributed by atoms with Crippen LogP contribution >= 0.6 is 0 Å². The summed E-state index contributed by atoms with van der Waals surface area (Å²) in [7, 11) is -2.37. The summed E-state index contributed by atoms with van der Waals surface area (Å²) < 4.78 is 31.3. The molecule has 20 heavy (non-hydrogen) atoms. The number of hydrogen-bond donors (Lipinski definition) is 1. The molecule has 0 aliphatic rings. The molecule has 7 heteroatoms. The van der Waals surface area contributed by atoms with Crippen molar-refractivity contribution >= 4 is 16.0 Å². The third-order valence-corrected chi connectivity index (χ3v) is 4.86.